The third kappa shape index (κ3) is 6.05. The van der Waals surface area contributed by atoms with Crippen LogP contribution < -0.4 is 26.0 Å². The van der Waals surface area contributed by atoms with Crippen LogP contribution in [0.5, 0.6) is 11.5 Å². The van der Waals surface area contributed by atoms with E-state index in [4.69, 9.17) is 20.9 Å². The second kappa shape index (κ2) is 11.2. The molecule has 0 saturated heterocycles. The number of primary amides is 1. The number of nitrogens with zero attached hydrogens (tertiary/aromatic N) is 6. The van der Waals surface area contributed by atoms with Crippen LogP contribution in [-0.2, 0) is 9.59 Å². The Labute approximate surface area is 196 Å². The van der Waals surface area contributed by atoms with Crippen molar-refractivity contribution in [2.75, 3.05) is 26.0 Å². The van der Waals surface area contributed by atoms with E-state index in [0.29, 0.717) is 17.1 Å². The molecule has 34 heavy (non-hydrogen) atoms. The van der Waals surface area contributed by atoms with Crippen LogP contribution in [0, 0.1) is 0 Å². The number of carboxylic acid groups (broad SMARTS) is 1. The highest BCUT2D eigenvalue weighted by Gasteiger charge is 2.38. The van der Waals surface area contributed by atoms with Gasteiger partial charge in [-0.3, -0.25) is 9.59 Å². The molecule has 6 N–H and O–H groups in total. The molecule has 0 saturated carbocycles. The third-order valence-electron chi connectivity index (χ3n) is 4.54. The van der Waals surface area contributed by atoms with Crippen molar-refractivity contribution in [2.45, 2.75) is 12.5 Å². The number of aromatic nitrogens is 2. The summed E-state index contributed by atoms with van der Waals surface area (Å²) in [5.74, 6) is -0.703. The van der Waals surface area contributed by atoms with Crippen LogP contribution in [0.1, 0.15) is 12.0 Å². The van der Waals surface area contributed by atoms with Gasteiger partial charge < -0.3 is 31.1 Å². The van der Waals surface area contributed by atoms with E-state index in [9.17, 15) is 14.7 Å². The van der Waals surface area contributed by atoms with Crippen LogP contribution in [-0.4, -0.2) is 75.7 Å². The summed E-state index contributed by atoms with van der Waals surface area (Å²) < 4.78 is 16.3. The fourth-order valence-electron chi connectivity index (χ4n) is 2.92. The van der Waals surface area contributed by atoms with Gasteiger partial charge in [0.05, 0.1) is 26.9 Å². The molecule has 0 fully saturated rings. The molecule has 1 amide bonds. The number of methoxy groups -OCH3 is 2. The fraction of sp³-hybridized carbons (Fsp3) is 0.263. The van der Waals surface area contributed by atoms with Gasteiger partial charge in [0.2, 0.25) is 26.2 Å². The number of amides is 1. The van der Waals surface area contributed by atoms with Gasteiger partial charge in [-0.05, 0) is 29.8 Å². The minimum Gasteiger partial charge on any atom is -0.493 e. The average molecular weight is 489 g/mol. The van der Waals surface area contributed by atoms with Crippen LogP contribution in [0.2, 0.25) is 0 Å². The lowest BCUT2D eigenvalue weighted by Gasteiger charge is -2.38. The molecule has 2 unspecified atom stereocenters. The molecular formula is C19H24N9O5P. The number of rotatable bonds is 10. The largest absolute Gasteiger partial charge is 0.493 e. The quantitative estimate of drug-likeness (QED) is 0.266. The molecule has 1 aromatic carbocycles. The minimum absolute atomic E-state index is 0.0331. The van der Waals surface area contributed by atoms with Crippen molar-refractivity contribution in [3.63, 3.8) is 0 Å². The van der Waals surface area contributed by atoms with E-state index in [-0.39, 0.29) is 18.6 Å². The van der Waals surface area contributed by atoms with Crippen molar-refractivity contribution in [1.82, 2.24) is 19.6 Å². The molecular weight excluding hydrogens is 465 g/mol. The summed E-state index contributed by atoms with van der Waals surface area (Å²) in [5.41, 5.74) is 12.1. The van der Waals surface area contributed by atoms with E-state index >= 15 is 0 Å². The van der Waals surface area contributed by atoms with Crippen LogP contribution in [0.4, 0.5) is 5.95 Å². The first-order chi connectivity index (χ1) is 16.3. The first-order valence-electron chi connectivity index (χ1n) is 9.81. The normalized spacial score (nSPS) is 17.2. The van der Waals surface area contributed by atoms with Gasteiger partial charge in [-0.2, -0.15) is 9.86 Å². The number of nitrogens with one attached hydrogen (secondary N) is 1. The molecule has 180 valence electrons. The summed E-state index contributed by atoms with van der Waals surface area (Å²) in [5, 5.41) is 18.4. The number of aliphatic carboxylic acids is 1. The smallest absolute Gasteiger partial charge is 0.321 e. The Balaban J connectivity index is 1.90. The second-order valence-corrected chi connectivity index (χ2v) is 8.31. The van der Waals surface area contributed by atoms with Crippen LogP contribution in [0.25, 0.3) is 0 Å². The lowest BCUT2D eigenvalue weighted by Crippen LogP contribution is -2.51. The molecule has 0 bridgehead atoms. The number of hydrogen-bond acceptors (Lipinski definition) is 12. The summed E-state index contributed by atoms with van der Waals surface area (Å²) >= 11 is 0. The van der Waals surface area contributed by atoms with Gasteiger partial charge in [-0.15, -0.1) is 0 Å². The lowest BCUT2D eigenvalue weighted by molar-refractivity contribution is -0.143. The molecule has 2 atom stereocenters. The van der Waals surface area contributed by atoms with Gasteiger partial charge in [0.25, 0.3) is 0 Å². The maximum absolute atomic E-state index is 12.0. The Bertz CT molecular complexity index is 1090. The highest BCUT2D eigenvalue weighted by Crippen LogP contribution is 2.45. The minimum atomic E-state index is -1.78. The first kappa shape index (κ1) is 24.6. The Morgan fingerprint density at radius 1 is 1.29 bits per heavy atom. The molecule has 2 aromatic rings. The summed E-state index contributed by atoms with van der Waals surface area (Å²) in [4.78, 5) is 31.7. The Hall–Kier alpha value is -4.03. The highest BCUT2D eigenvalue weighted by atomic mass is 31.1. The zero-order valence-corrected chi connectivity index (χ0v) is 19.3. The third-order valence-corrected chi connectivity index (χ3v) is 6.23. The molecule has 1 aliphatic heterocycles. The van der Waals surface area contributed by atoms with Crippen LogP contribution in [0.3, 0.4) is 0 Å². The molecule has 1 aliphatic rings. The predicted octanol–water partition coefficient (Wildman–Crippen LogP) is 0.385. The molecule has 14 nitrogen and oxygen atoms in total. The maximum Gasteiger partial charge on any atom is 0.321 e. The standard InChI is InChI=1S/C19H24N9O5P/c1-32-14-5-4-12(8-15(14)33-2)10-24-27-11-28(13(17(30)31)9-16(20)29)34(25-18(27)21)26-19-22-6-3-7-23-19/h3-8,10,13H,9,11H2,1-2H3,(H2,20,29)(H2,21,25)(H,30,31)(H,22,23,26). The van der Waals surface area contributed by atoms with Crippen molar-refractivity contribution in [2.24, 2.45) is 21.3 Å². The SMILES string of the molecule is COc1ccc(C=NN2CN(C(CC(N)=O)C(=O)O)P(Nc3ncccn3)N=C2N)cc1OC. The van der Waals surface area contributed by atoms with Crippen molar-refractivity contribution < 1.29 is 24.2 Å². The Morgan fingerprint density at radius 2 is 2.00 bits per heavy atom. The van der Waals surface area contributed by atoms with E-state index in [0.717, 1.165) is 0 Å². The number of anilines is 1. The maximum atomic E-state index is 12.0. The van der Waals surface area contributed by atoms with Crippen molar-refractivity contribution >= 4 is 38.4 Å². The summed E-state index contributed by atoms with van der Waals surface area (Å²) in [6, 6.07) is 5.54. The van der Waals surface area contributed by atoms with Gasteiger partial charge in [0.15, 0.2) is 11.5 Å². The number of nitrogens with two attached hydrogens (primary N) is 2. The van der Waals surface area contributed by atoms with Crippen LogP contribution >= 0.6 is 8.37 Å². The van der Waals surface area contributed by atoms with Gasteiger partial charge in [-0.1, -0.05) is 0 Å². The summed E-state index contributed by atoms with van der Waals surface area (Å²) in [6.45, 7) is -0.0884. The second-order valence-electron chi connectivity index (χ2n) is 6.80. The summed E-state index contributed by atoms with van der Waals surface area (Å²) in [7, 11) is 1.27. The lowest BCUT2D eigenvalue weighted by atomic mass is 10.2. The molecule has 1 aromatic heterocycles. The highest BCUT2D eigenvalue weighted by molar-refractivity contribution is 7.55. The van der Waals surface area contributed by atoms with Gasteiger partial charge in [0.1, 0.15) is 12.7 Å². The van der Waals surface area contributed by atoms with Crippen molar-refractivity contribution in [3.8, 4) is 11.5 Å². The molecule has 0 radical (unpaired) electrons. The number of ether oxygens (including phenoxy) is 2. The van der Waals surface area contributed by atoms with E-state index in [2.05, 4.69) is 24.9 Å². The topological polar surface area (TPSA) is 194 Å². The van der Waals surface area contributed by atoms with Crippen molar-refractivity contribution in [3.05, 3.63) is 42.2 Å². The number of carbonyl (C=O) groups excluding carboxylic acids is 1. The van der Waals surface area contributed by atoms with E-state index in [1.807, 2.05) is 0 Å². The predicted molar refractivity (Wildman–Crippen MR) is 125 cm³/mol. The number of hydrogen-bond donors (Lipinski definition) is 4. The number of hydrazone groups is 1. The Morgan fingerprint density at radius 3 is 2.62 bits per heavy atom. The zero-order chi connectivity index (χ0) is 24.7. The van der Waals surface area contributed by atoms with Crippen LogP contribution in [0.15, 0.2) is 46.5 Å². The van der Waals surface area contributed by atoms with Gasteiger partial charge >= 0.3 is 5.97 Å². The number of guanidine groups is 1. The molecule has 15 heteroatoms. The molecule has 0 spiro atoms. The molecule has 3 rings (SSSR count). The summed E-state index contributed by atoms with van der Waals surface area (Å²) in [6.07, 6.45) is 4.11. The first-order valence-corrected chi connectivity index (χ1v) is 11.1. The molecule has 2 heterocycles. The Kier molecular flexibility index (Phi) is 8.11. The number of carbonyl (C=O) groups is 2. The van der Waals surface area contributed by atoms with Gasteiger partial charge in [-0.25, -0.2) is 19.6 Å². The molecule has 0 aliphatic carbocycles. The van der Waals surface area contributed by atoms with E-state index in [1.54, 1.807) is 24.3 Å². The number of benzene rings is 1. The number of carboxylic acids is 1. The van der Waals surface area contributed by atoms with Gasteiger partial charge in [0, 0.05) is 12.4 Å². The van der Waals surface area contributed by atoms with E-state index in [1.165, 1.54) is 42.5 Å². The average Bonchev–Trinajstić information content (AvgIpc) is 2.82. The zero-order valence-electron chi connectivity index (χ0n) is 18.4. The van der Waals surface area contributed by atoms with Crippen molar-refractivity contribution in [1.29, 1.82) is 0 Å². The fourth-order valence-corrected chi connectivity index (χ4v) is 4.49. The monoisotopic (exact) mass is 489 g/mol. The van der Waals surface area contributed by atoms with E-state index < -0.39 is 32.7 Å².